The van der Waals surface area contributed by atoms with Crippen molar-refractivity contribution >= 4 is 46.3 Å². The molecule has 0 atom stereocenters. The van der Waals surface area contributed by atoms with Gasteiger partial charge in [-0.1, -0.05) is 83.6 Å². The zero-order valence-electron chi connectivity index (χ0n) is 19.9. The molecule has 1 fully saturated rings. The van der Waals surface area contributed by atoms with Crippen molar-refractivity contribution in [2.45, 2.75) is 27.1 Å². The Morgan fingerprint density at radius 3 is 2.11 bits per heavy atom. The molecule has 1 heterocycles. The van der Waals surface area contributed by atoms with E-state index in [0.717, 1.165) is 33.4 Å². The Morgan fingerprint density at radius 1 is 0.944 bits per heavy atom. The molecule has 0 unspecified atom stereocenters. The number of benzene rings is 3. The van der Waals surface area contributed by atoms with E-state index in [2.05, 4.69) is 0 Å². The number of ether oxygens (including phenoxy) is 2. The molecule has 0 radical (unpaired) electrons. The van der Waals surface area contributed by atoms with E-state index in [-0.39, 0.29) is 4.32 Å². The van der Waals surface area contributed by atoms with Gasteiger partial charge in [-0.2, -0.15) is 0 Å². The van der Waals surface area contributed by atoms with Gasteiger partial charge in [0.2, 0.25) is 0 Å². The minimum absolute atomic E-state index is 0.217. The van der Waals surface area contributed by atoms with Crippen LogP contribution < -0.4 is 9.47 Å². The summed E-state index contributed by atoms with van der Waals surface area (Å²) in [6, 6.07) is 21.6. The number of hydrogen-bond acceptors (Lipinski definition) is 6. The number of rotatable bonds is 9. The normalized spacial score (nSPS) is 14.4. The zero-order valence-corrected chi connectivity index (χ0v) is 21.5. The van der Waals surface area contributed by atoms with Crippen LogP contribution >= 0.6 is 24.0 Å². The second-order valence-electron chi connectivity index (χ2n) is 8.41. The molecular weight excluding hydrogens is 494 g/mol. The Balaban J connectivity index is 1.58. The summed E-state index contributed by atoms with van der Waals surface area (Å²) >= 11 is 6.29. The average Bonchev–Trinajstić information content (AvgIpc) is 3.11. The highest BCUT2D eigenvalue weighted by Gasteiger charge is 2.33. The minimum Gasteiger partial charge on any atom is -0.489 e. The fourth-order valence-corrected chi connectivity index (χ4v) is 4.70. The molecule has 0 saturated carbocycles. The Kier molecular flexibility index (Phi) is 8.07. The smallest absolute Gasteiger partial charge is 0.323 e. The number of carboxylic acid groups (broad SMARTS) is 1. The highest BCUT2D eigenvalue weighted by atomic mass is 32.2. The lowest BCUT2D eigenvalue weighted by Gasteiger charge is -2.13. The van der Waals surface area contributed by atoms with Gasteiger partial charge < -0.3 is 14.6 Å². The molecule has 0 spiro atoms. The Labute approximate surface area is 219 Å². The first-order valence-corrected chi connectivity index (χ1v) is 12.5. The van der Waals surface area contributed by atoms with E-state index in [0.29, 0.717) is 35.2 Å². The maximum absolute atomic E-state index is 12.7. The zero-order chi connectivity index (χ0) is 25.7. The monoisotopic (exact) mass is 519 g/mol. The quantitative estimate of drug-likeness (QED) is 0.285. The van der Waals surface area contributed by atoms with Gasteiger partial charge in [-0.15, -0.1) is 0 Å². The molecule has 1 saturated heterocycles. The molecule has 3 aromatic rings. The molecule has 4 rings (SSSR count). The van der Waals surface area contributed by atoms with Crippen molar-refractivity contribution < 1.29 is 24.2 Å². The van der Waals surface area contributed by atoms with E-state index in [1.165, 1.54) is 5.56 Å². The molecule has 6 nitrogen and oxygen atoms in total. The van der Waals surface area contributed by atoms with Gasteiger partial charge in [-0.3, -0.25) is 14.5 Å². The molecule has 1 amide bonds. The average molecular weight is 520 g/mol. The van der Waals surface area contributed by atoms with Gasteiger partial charge in [0.25, 0.3) is 5.91 Å². The maximum Gasteiger partial charge on any atom is 0.323 e. The van der Waals surface area contributed by atoms with Crippen molar-refractivity contribution in [3.8, 4) is 11.5 Å². The van der Waals surface area contributed by atoms with E-state index >= 15 is 0 Å². The third-order valence-electron chi connectivity index (χ3n) is 5.48. The summed E-state index contributed by atoms with van der Waals surface area (Å²) in [5, 5.41) is 9.09. The summed E-state index contributed by atoms with van der Waals surface area (Å²) in [4.78, 5) is 25.3. The molecule has 1 N–H and O–H groups in total. The van der Waals surface area contributed by atoms with Crippen LogP contribution in [0.1, 0.15) is 27.8 Å². The van der Waals surface area contributed by atoms with Crippen LogP contribution in [0.2, 0.25) is 0 Å². The van der Waals surface area contributed by atoms with Crippen molar-refractivity contribution in [3.05, 3.63) is 99.5 Å². The molecule has 1 aliphatic heterocycles. The van der Waals surface area contributed by atoms with E-state index in [1.54, 1.807) is 12.1 Å². The van der Waals surface area contributed by atoms with Gasteiger partial charge in [0, 0.05) is 11.6 Å². The molecule has 8 heteroatoms. The fourth-order valence-electron chi connectivity index (χ4n) is 3.46. The first-order valence-electron chi connectivity index (χ1n) is 11.3. The third kappa shape index (κ3) is 6.53. The summed E-state index contributed by atoms with van der Waals surface area (Å²) in [6.07, 6.45) is 1.68. The predicted molar refractivity (Wildman–Crippen MR) is 145 cm³/mol. The lowest BCUT2D eigenvalue weighted by atomic mass is 10.1. The Bertz CT molecular complexity index is 1320. The first kappa shape index (κ1) is 25.5. The third-order valence-corrected chi connectivity index (χ3v) is 6.86. The Hall–Kier alpha value is -3.62. The number of nitrogens with zero attached hydrogens (tertiary/aromatic N) is 1. The molecule has 0 aromatic heterocycles. The summed E-state index contributed by atoms with van der Waals surface area (Å²) in [6.45, 7) is 4.34. The van der Waals surface area contributed by atoms with E-state index in [9.17, 15) is 9.59 Å². The summed E-state index contributed by atoms with van der Waals surface area (Å²) in [7, 11) is 0. The second-order valence-corrected chi connectivity index (χ2v) is 10.1. The van der Waals surface area contributed by atoms with Crippen LogP contribution in [0.5, 0.6) is 11.5 Å². The molecule has 0 bridgehead atoms. The van der Waals surface area contributed by atoms with Crippen molar-refractivity contribution in [1.29, 1.82) is 0 Å². The minimum atomic E-state index is -1.12. The number of thiocarbonyl (C=S) groups is 1. The predicted octanol–water partition coefficient (Wildman–Crippen LogP) is 5.75. The molecule has 3 aromatic carbocycles. The van der Waals surface area contributed by atoms with E-state index in [4.69, 9.17) is 26.8 Å². The summed E-state index contributed by atoms with van der Waals surface area (Å²) in [5.41, 5.74) is 5.07. The number of amides is 1. The highest BCUT2D eigenvalue weighted by molar-refractivity contribution is 8.26. The van der Waals surface area contributed by atoms with Gasteiger partial charge >= 0.3 is 5.97 Å². The SMILES string of the molecule is Cc1ccc(COc2ccc(/C=C3/SC(=S)N(CC(=O)O)C3=O)c(OCc3ccc(C)cc3)c2)cc1. The topological polar surface area (TPSA) is 76.1 Å². The number of carboxylic acids is 1. The van der Waals surface area contributed by atoms with Gasteiger partial charge in [0.1, 0.15) is 35.6 Å². The van der Waals surface area contributed by atoms with Crippen LogP contribution in [0.25, 0.3) is 6.08 Å². The molecule has 0 aliphatic carbocycles. The van der Waals surface area contributed by atoms with Crippen LogP contribution in [0.4, 0.5) is 0 Å². The first-order chi connectivity index (χ1) is 17.3. The van der Waals surface area contributed by atoms with Gasteiger partial charge in [0.05, 0.1) is 4.91 Å². The number of carbonyl (C=O) groups is 2. The second kappa shape index (κ2) is 11.4. The van der Waals surface area contributed by atoms with Gasteiger partial charge in [0.15, 0.2) is 0 Å². The van der Waals surface area contributed by atoms with Crippen LogP contribution in [0.15, 0.2) is 71.6 Å². The van der Waals surface area contributed by atoms with Crippen molar-refractivity contribution in [2.24, 2.45) is 0 Å². The lowest BCUT2D eigenvalue weighted by molar-refractivity contribution is -0.140. The van der Waals surface area contributed by atoms with E-state index in [1.807, 2.05) is 74.5 Å². The number of aryl methyl sites for hydroxylation is 2. The maximum atomic E-state index is 12.7. The molecular formula is C28H25NO5S2. The van der Waals surface area contributed by atoms with Crippen molar-refractivity contribution in [2.75, 3.05) is 6.54 Å². The van der Waals surface area contributed by atoms with Crippen LogP contribution in [0.3, 0.4) is 0 Å². The van der Waals surface area contributed by atoms with Crippen LogP contribution in [-0.4, -0.2) is 32.7 Å². The van der Waals surface area contributed by atoms with Gasteiger partial charge in [-0.05, 0) is 43.2 Å². The van der Waals surface area contributed by atoms with Crippen LogP contribution in [-0.2, 0) is 22.8 Å². The standard InChI is InChI=1S/C28H25NO5S2/c1-18-3-7-20(8-4-18)16-33-23-12-11-22(13-25-27(32)29(15-26(30)31)28(35)36-25)24(14-23)34-17-21-9-5-19(2)6-10-21/h3-14H,15-17H2,1-2H3,(H,30,31)/b25-13+. The van der Waals surface area contributed by atoms with Crippen molar-refractivity contribution in [3.63, 3.8) is 0 Å². The summed E-state index contributed by atoms with van der Waals surface area (Å²) < 4.78 is 12.4. The number of hydrogen-bond donors (Lipinski definition) is 1. The molecule has 36 heavy (non-hydrogen) atoms. The summed E-state index contributed by atoms with van der Waals surface area (Å²) in [5.74, 6) is -0.383. The number of aliphatic carboxylic acids is 1. The molecule has 1 aliphatic rings. The van der Waals surface area contributed by atoms with Crippen LogP contribution in [0, 0.1) is 13.8 Å². The molecule has 184 valence electrons. The Morgan fingerprint density at radius 2 is 1.53 bits per heavy atom. The van der Waals surface area contributed by atoms with E-state index < -0.39 is 18.4 Å². The van der Waals surface area contributed by atoms with Crippen molar-refractivity contribution in [1.82, 2.24) is 4.90 Å². The number of thioether (sulfide) groups is 1. The number of carbonyl (C=O) groups excluding carboxylic acids is 1. The highest BCUT2D eigenvalue weighted by Crippen LogP contribution is 2.35. The lowest BCUT2D eigenvalue weighted by Crippen LogP contribution is -2.33. The van der Waals surface area contributed by atoms with Gasteiger partial charge in [-0.25, -0.2) is 0 Å². The largest absolute Gasteiger partial charge is 0.489 e. The fraction of sp³-hybridized carbons (Fsp3) is 0.179.